The van der Waals surface area contributed by atoms with E-state index in [-0.39, 0.29) is 18.6 Å². The van der Waals surface area contributed by atoms with Gasteiger partial charge in [0.05, 0.1) is 6.10 Å². The second-order valence-corrected chi connectivity index (χ2v) is 2.95. The zero-order valence-electron chi connectivity index (χ0n) is 7.43. The second kappa shape index (κ2) is 5.11. The van der Waals surface area contributed by atoms with Gasteiger partial charge in [-0.3, -0.25) is 4.79 Å². The average Bonchev–Trinajstić information content (AvgIpc) is 2.16. The van der Waals surface area contributed by atoms with Crippen LogP contribution in [0.1, 0.15) is 12.8 Å². The summed E-state index contributed by atoms with van der Waals surface area (Å²) < 4.78 is 5.36. The highest BCUT2D eigenvalue weighted by Crippen LogP contribution is 2.04. The van der Waals surface area contributed by atoms with Gasteiger partial charge in [-0.05, 0) is 19.4 Å². The Bertz CT molecular complexity index is 144. The van der Waals surface area contributed by atoms with E-state index < -0.39 is 0 Å². The van der Waals surface area contributed by atoms with Crippen molar-refractivity contribution in [3.8, 4) is 0 Å². The van der Waals surface area contributed by atoms with Crippen molar-refractivity contribution in [1.29, 1.82) is 0 Å². The molecule has 0 aromatic heterocycles. The Morgan fingerprint density at radius 2 is 2.58 bits per heavy atom. The standard InChI is InChI=1S/C8H16N2O2/c1-9-8(11)6-12-7-3-2-4-10-5-7/h7,10H,2-6H2,1H3,(H,9,11)/t7-/m1/s1. The molecule has 0 saturated carbocycles. The predicted molar refractivity (Wildman–Crippen MR) is 45.9 cm³/mol. The van der Waals surface area contributed by atoms with Crippen LogP contribution in [0.5, 0.6) is 0 Å². The molecule has 0 bridgehead atoms. The molecular formula is C8H16N2O2. The van der Waals surface area contributed by atoms with Crippen molar-refractivity contribution in [3.63, 3.8) is 0 Å². The van der Waals surface area contributed by atoms with E-state index in [1.165, 1.54) is 0 Å². The van der Waals surface area contributed by atoms with E-state index in [2.05, 4.69) is 10.6 Å². The molecular weight excluding hydrogens is 156 g/mol. The molecule has 0 aromatic carbocycles. The van der Waals surface area contributed by atoms with Crippen molar-refractivity contribution in [1.82, 2.24) is 10.6 Å². The molecule has 0 spiro atoms. The SMILES string of the molecule is CNC(=O)CO[C@@H]1CCCNC1. The third-order valence-electron chi connectivity index (χ3n) is 1.98. The highest BCUT2D eigenvalue weighted by atomic mass is 16.5. The van der Waals surface area contributed by atoms with E-state index in [4.69, 9.17) is 4.74 Å². The minimum atomic E-state index is -0.0550. The first-order valence-electron chi connectivity index (χ1n) is 4.36. The Morgan fingerprint density at radius 1 is 1.75 bits per heavy atom. The van der Waals surface area contributed by atoms with Crippen LogP contribution in [-0.2, 0) is 9.53 Å². The lowest BCUT2D eigenvalue weighted by atomic mass is 10.1. The highest BCUT2D eigenvalue weighted by molar-refractivity contribution is 5.76. The van der Waals surface area contributed by atoms with Crippen LogP contribution in [-0.4, -0.2) is 38.8 Å². The number of piperidine rings is 1. The number of ether oxygens (including phenoxy) is 1. The van der Waals surface area contributed by atoms with Gasteiger partial charge in [-0.1, -0.05) is 0 Å². The minimum Gasteiger partial charge on any atom is -0.367 e. The highest BCUT2D eigenvalue weighted by Gasteiger charge is 2.13. The molecule has 4 heteroatoms. The summed E-state index contributed by atoms with van der Waals surface area (Å²) in [5.41, 5.74) is 0. The fourth-order valence-corrected chi connectivity index (χ4v) is 1.23. The van der Waals surface area contributed by atoms with Crippen LogP contribution in [0, 0.1) is 0 Å². The van der Waals surface area contributed by atoms with Crippen LogP contribution in [0.2, 0.25) is 0 Å². The summed E-state index contributed by atoms with van der Waals surface area (Å²) in [5, 5.41) is 5.74. The van der Waals surface area contributed by atoms with Crippen molar-refractivity contribution in [2.24, 2.45) is 0 Å². The Morgan fingerprint density at radius 3 is 3.17 bits per heavy atom. The number of nitrogens with one attached hydrogen (secondary N) is 2. The van der Waals surface area contributed by atoms with E-state index in [1.807, 2.05) is 0 Å². The lowest BCUT2D eigenvalue weighted by Crippen LogP contribution is -2.37. The monoisotopic (exact) mass is 172 g/mol. The zero-order chi connectivity index (χ0) is 8.81. The van der Waals surface area contributed by atoms with Gasteiger partial charge in [0.2, 0.25) is 5.91 Å². The molecule has 0 unspecified atom stereocenters. The molecule has 12 heavy (non-hydrogen) atoms. The van der Waals surface area contributed by atoms with Gasteiger partial charge in [-0.15, -0.1) is 0 Å². The molecule has 4 nitrogen and oxygen atoms in total. The first-order valence-corrected chi connectivity index (χ1v) is 4.36. The Kier molecular flexibility index (Phi) is 4.04. The molecule has 1 aliphatic heterocycles. The summed E-state index contributed by atoms with van der Waals surface area (Å²) in [6.45, 7) is 2.12. The summed E-state index contributed by atoms with van der Waals surface area (Å²) in [7, 11) is 1.62. The van der Waals surface area contributed by atoms with Crippen molar-refractivity contribution in [2.75, 3.05) is 26.7 Å². The molecule has 1 saturated heterocycles. The lowest BCUT2D eigenvalue weighted by molar-refractivity contribution is -0.127. The largest absolute Gasteiger partial charge is 0.367 e. The van der Waals surface area contributed by atoms with Gasteiger partial charge in [0, 0.05) is 13.6 Å². The van der Waals surface area contributed by atoms with Crippen LogP contribution in [0.15, 0.2) is 0 Å². The third-order valence-corrected chi connectivity index (χ3v) is 1.98. The van der Waals surface area contributed by atoms with E-state index in [9.17, 15) is 4.79 Å². The van der Waals surface area contributed by atoms with E-state index in [0.717, 1.165) is 25.9 Å². The number of carbonyl (C=O) groups is 1. The number of hydrogen-bond acceptors (Lipinski definition) is 3. The second-order valence-electron chi connectivity index (χ2n) is 2.95. The Labute approximate surface area is 72.7 Å². The van der Waals surface area contributed by atoms with Crippen LogP contribution >= 0.6 is 0 Å². The Balaban J connectivity index is 2.09. The van der Waals surface area contributed by atoms with E-state index in [1.54, 1.807) is 7.05 Å². The molecule has 1 aliphatic rings. The third kappa shape index (κ3) is 3.19. The van der Waals surface area contributed by atoms with Gasteiger partial charge in [0.25, 0.3) is 0 Å². The summed E-state index contributed by atoms with van der Waals surface area (Å²) in [4.78, 5) is 10.8. The molecule has 0 radical (unpaired) electrons. The molecule has 1 atom stereocenters. The first kappa shape index (κ1) is 9.48. The minimum absolute atomic E-state index is 0.0550. The maximum Gasteiger partial charge on any atom is 0.245 e. The fourth-order valence-electron chi connectivity index (χ4n) is 1.23. The molecule has 1 amide bonds. The molecule has 1 rings (SSSR count). The number of rotatable bonds is 3. The van der Waals surface area contributed by atoms with Crippen molar-refractivity contribution < 1.29 is 9.53 Å². The van der Waals surface area contributed by atoms with Gasteiger partial charge >= 0.3 is 0 Å². The molecule has 2 N–H and O–H groups in total. The van der Waals surface area contributed by atoms with Crippen LogP contribution in [0.25, 0.3) is 0 Å². The van der Waals surface area contributed by atoms with Gasteiger partial charge in [-0.25, -0.2) is 0 Å². The fraction of sp³-hybridized carbons (Fsp3) is 0.875. The molecule has 1 heterocycles. The van der Waals surface area contributed by atoms with E-state index in [0.29, 0.717) is 0 Å². The van der Waals surface area contributed by atoms with Gasteiger partial charge in [-0.2, -0.15) is 0 Å². The first-order chi connectivity index (χ1) is 5.83. The molecule has 0 aliphatic carbocycles. The van der Waals surface area contributed by atoms with Gasteiger partial charge in [0.15, 0.2) is 0 Å². The average molecular weight is 172 g/mol. The summed E-state index contributed by atoms with van der Waals surface area (Å²) >= 11 is 0. The van der Waals surface area contributed by atoms with Crippen molar-refractivity contribution >= 4 is 5.91 Å². The maximum atomic E-state index is 10.8. The zero-order valence-corrected chi connectivity index (χ0v) is 7.43. The van der Waals surface area contributed by atoms with Crippen LogP contribution in [0.4, 0.5) is 0 Å². The van der Waals surface area contributed by atoms with Gasteiger partial charge in [0.1, 0.15) is 6.61 Å². The Hall–Kier alpha value is -0.610. The topological polar surface area (TPSA) is 50.4 Å². The summed E-state index contributed by atoms with van der Waals surface area (Å²) in [6, 6.07) is 0. The normalized spacial score (nSPS) is 23.6. The number of amides is 1. The molecule has 1 fully saturated rings. The lowest BCUT2D eigenvalue weighted by Gasteiger charge is -2.22. The quantitative estimate of drug-likeness (QED) is 0.603. The maximum absolute atomic E-state index is 10.8. The number of carbonyl (C=O) groups excluding carboxylic acids is 1. The van der Waals surface area contributed by atoms with E-state index >= 15 is 0 Å². The van der Waals surface area contributed by atoms with Crippen molar-refractivity contribution in [2.45, 2.75) is 18.9 Å². The molecule has 70 valence electrons. The van der Waals surface area contributed by atoms with Crippen LogP contribution in [0.3, 0.4) is 0 Å². The van der Waals surface area contributed by atoms with Crippen molar-refractivity contribution in [3.05, 3.63) is 0 Å². The smallest absolute Gasteiger partial charge is 0.245 e. The number of hydrogen-bond donors (Lipinski definition) is 2. The van der Waals surface area contributed by atoms with Crippen LogP contribution < -0.4 is 10.6 Å². The number of likely N-dealkylation sites (N-methyl/N-ethyl adjacent to an activating group) is 1. The van der Waals surface area contributed by atoms with Gasteiger partial charge < -0.3 is 15.4 Å². The summed E-state index contributed by atoms with van der Waals surface area (Å²) in [5.74, 6) is -0.0550. The predicted octanol–water partition coefficient (Wildman–Crippen LogP) is -0.499. The summed E-state index contributed by atoms with van der Waals surface area (Å²) in [6.07, 6.45) is 2.42. The molecule has 0 aromatic rings.